The zero-order valence-electron chi connectivity index (χ0n) is 12.6. The van der Waals surface area contributed by atoms with Crippen LogP contribution in [0.1, 0.15) is 18.0 Å². The van der Waals surface area contributed by atoms with Crippen LogP contribution in [0.25, 0.3) is 10.1 Å². The van der Waals surface area contributed by atoms with E-state index in [-0.39, 0.29) is 12.3 Å². The number of anilines is 1. The molecule has 0 aliphatic carbocycles. The Labute approximate surface area is 142 Å². The van der Waals surface area contributed by atoms with Gasteiger partial charge in [0.15, 0.2) is 0 Å². The molecule has 0 aliphatic heterocycles. The average Bonchev–Trinajstić information content (AvgIpc) is 3.02. The maximum absolute atomic E-state index is 12.3. The first-order valence-electron chi connectivity index (χ1n) is 7.30. The minimum Gasteiger partial charge on any atom is -0.465 e. The van der Waals surface area contributed by atoms with Gasteiger partial charge in [0.1, 0.15) is 0 Å². The molecule has 0 fully saturated rings. The van der Waals surface area contributed by atoms with Crippen LogP contribution in [0.4, 0.5) is 10.5 Å². The Bertz CT molecular complexity index is 864. The number of hydrogen-bond acceptors (Lipinski definition) is 4. The second-order valence-electron chi connectivity index (χ2n) is 5.24. The number of hydrogen-bond donors (Lipinski definition) is 3. The molecule has 2 aromatic carbocycles. The summed E-state index contributed by atoms with van der Waals surface area (Å²) in [6.07, 6.45) is 0.618. The molecular formula is C17H15N3O3S. The van der Waals surface area contributed by atoms with Crippen LogP contribution in [0.15, 0.2) is 54.7 Å². The maximum atomic E-state index is 12.3. The molecule has 122 valence electrons. The summed E-state index contributed by atoms with van der Waals surface area (Å²) in [5, 5.41) is 15.2. The highest BCUT2D eigenvalue weighted by molar-refractivity contribution is 7.13. The van der Waals surface area contributed by atoms with Crippen LogP contribution in [-0.2, 0) is 4.79 Å². The maximum Gasteiger partial charge on any atom is 0.405 e. The van der Waals surface area contributed by atoms with Crippen LogP contribution >= 0.6 is 11.5 Å². The zero-order chi connectivity index (χ0) is 16.9. The second kappa shape index (κ2) is 7.10. The Morgan fingerprint density at radius 1 is 1.17 bits per heavy atom. The Kier molecular flexibility index (Phi) is 4.72. The van der Waals surface area contributed by atoms with E-state index in [9.17, 15) is 9.59 Å². The third-order valence-corrected chi connectivity index (χ3v) is 4.29. The van der Waals surface area contributed by atoms with Gasteiger partial charge in [-0.15, -0.1) is 0 Å². The van der Waals surface area contributed by atoms with E-state index in [1.165, 1.54) is 11.5 Å². The third kappa shape index (κ3) is 3.88. The predicted molar refractivity (Wildman–Crippen MR) is 93.2 cm³/mol. The van der Waals surface area contributed by atoms with Gasteiger partial charge in [-0.1, -0.05) is 30.3 Å². The van der Waals surface area contributed by atoms with Crippen LogP contribution in [-0.4, -0.2) is 21.5 Å². The van der Waals surface area contributed by atoms with Gasteiger partial charge >= 0.3 is 6.09 Å². The van der Waals surface area contributed by atoms with Crippen molar-refractivity contribution >= 4 is 39.3 Å². The standard InChI is InChI=1S/C17H15N3O3S/c21-16(19-13-7-6-12-10-18-24-15(12)8-13)9-14(20-17(22)23)11-4-2-1-3-5-11/h1-8,10,14,20H,9H2,(H,19,21)(H,22,23). The number of nitrogens with zero attached hydrogens (tertiary/aromatic N) is 1. The van der Waals surface area contributed by atoms with Gasteiger partial charge in [-0.3, -0.25) is 4.79 Å². The number of rotatable bonds is 5. The lowest BCUT2D eigenvalue weighted by atomic mass is 10.0. The fraction of sp³-hybridized carbons (Fsp3) is 0.118. The molecule has 3 aromatic rings. The molecule has 3 N–H and O–H groups in total. The highest BCUT2D eigenvalue weighted by Crippen LogP contribution is 2.23. The third-order valence-electron chi connectivity index (χ3n) is 3.53. The van der Waals surface area contributed by atoms with E-state index < -0.39 is 12.1 Å². The van der Waals surface area contributed by atoms with Crippen LogP contribution in [0.5, 0.6) is 0 Å². The Morgan fingerprint density at radius 3 is 2.71 bits per heavy atom. The Balaban J connectivity index is 1.71. The molecule has 7 heteroatoms. The summed E-state index contributed by atoms with van der Waals surface area (Å²) in [4.78, 5) is 23.3. The minimum atomic E-state index is -1.16. The molecule has 6 nitrogen and oxygen atoms in total. The predicted octanol–water partition coefficient (Wildman–Crippen LogP) is 3.63. The monoisotopic (exact) mass is 341 g/mol. The first-order chi connectivity index (χ1) is 11.6. The molecular weight excluding hydrogens is 326 g/mol. The van der Waals surface area contributed by atoms with E-state index >= 15 is 0 Å². The van der Waals surface area contributed by atoms with Crippen molar-refractivity contribution in [3.8, 4) is 0 Å². The molecule has 0 radical (unpaired) electrons. The molecule has 1 aromatic heterocycles. The van der Waals surface area contributed by atoms with Gasteiger partial charge in [0.05, 0.1) is 17.2 Å². The Hall–Kier alpha value is -2.93. The zero-order valence-corrected chi connectivity index (χ0v) is 13.4. The van der Waals surface area contributed by atoms with Crippen molar-refractivity contribution in [3.05, 3.63) is 60.3 Å². The molecule has 1 atom stereocenters. The lowest BCUT2D eigenvalue weighted by Crippen LogP contribution is -2.30. The molecule has 24 heavy (non-hydrogen) atoms. The number of carbonyl (C=O) groups excluding carboxylic acids is 1. The number of nitrogens with one attached hydrogen (secondary N) is 2. The van der Waals surface area contributed by atoms with E-state index in [0.29, 0.717) is 5.69 Å². The number of aromatic nitrogens is 1. The smallest absolute Gasteiger partial charge is 0.405 e. The lowest BCUT2D eigenvalue weighted by Gasteiger charge is -2.17. The number of benzene rings is 2. The largest absolute Gasteiger partial charge is 0.465 e. The number of carbonyl (C=O) groups is 2. The summed E-state index contributed by atoms with van der Waals surface area (Å²) in [5.41, 5.74) is 1.41. The minimum absolute atomic E-state index is 0.0110. The van der Waals surface area contributed by atoms with Crippen LogP contribution in [0.3, 0.4) is 0 Å². The van der Waals surface area contributed by atoms with Gasteiger partial charge in [-0.05, 0) is 35.3 Å². The van der Waals surface area contributed by atoms with Crippen molar-refractivity contribution in [2.24, 2.45) is 0 Å². The summed E-state index contributed by atoms with van der Waals surface area (Å²) in [7, 11) is 0. The van der Waals surface area contributed by atoms with Crippen LogP contribution in [0.2, 0.25) is 0 Å². The highest BCUT2D eigenvalue weighted by atomic mass is 32.1. The van der Waals surface area contributed by atoms with E-state index in [2.05, 4.69) is 15.0 Å². The topological polar surface area (TPSA) is 91.3 Å². The molecule has 1 unspecified atom stereocenters. The SMILES string of the molecule is O=C(O)NC(CC(=O)Nc1ccc2cnsc2c1)c1ccccc1. The molecule has 2 amide bonds. The fourth-order valence-corrected chi connectivity index (χ4v) is 3.11. The highest BCUT2D eigenvalue weighted by Gasteiger charge is 2.18. The molecule has 0 saturated carbocycles. The van der Waals surface area contributed by atoms with Crippen LogP contribution < -0.4 is 10.6 Å². The summed E-state index contributed by atoms with van der Waals surface area (Å²) in [6.45, 7) is 0. The molecule has 0 spiro atoms. The van der Waals surface area contributed by atoms with Gasteiger partial charge in [-0.2, -0.15) is 4.37 Å². The lowest BCUT2D eigenvalue weighted by molar-refractivity contribution is -0.116. The normalized spacial score (nSPS) is 11.8. The first kappa shape index (κ1) is 15.9. The average molecular weight is 341 g/mol. The van der Waals surface area contributed by atoms with E-state index in [4.69, 9.17) is 5.11 Å². The van der Waals surface area contributed by atoms with Crippen molar-refractivity contribution in [1.29, 1.82) is 0 Å². The van der Waals surface area contributed by atoms with Gasteiger partial charge in [0.2, 0.25) is 5.91 Å². The molecule has 3 rings (SSSR count). The van der Waals surface area contributed by atoms with Crippen molar-refractivity contribution in [2.75, 3.05) is 5.32 Å². The van der Waals surface area contributed by atoms with E-state index in [0.717, 1.165) is 15.6 Å². The summed E-state index contributed by atoms with van der Waals surface area (Å²) in [6, 6.07) is 14.0. The van der Waals surface area contributed by atoms with E-state index in [1.54, 1.807) is 24.4 Å². The summed E-state index contributed by atoms with van der Waals surface area (Å²) < 4.78 is 5.08. The van der Waals surface area contributed by atoms with Crippen molar-refractivity contribution in [3.63, 3.8) is 0 Å². The fourth-order valence-electron chi connectivity index (χ4n) is 2.42. The number of amides is 2. The summed E-state index contributed by atoms with van der Waals surface area (Å²) >= 11 is 1.36. The van der Waals surface area contributed by atoms with Gasteiger partial charge in [0, 0.05) is 17.3 Å². The van der Waals surface area contributed by atoms with Crippen molar-refractivity contribution in [1.82, 2.24) is 9.69 Å². The molecule has 0 saturated heterocycles. The van der Waals surface area contributed by atoms with Gasteiger partial charge in [-0.25, -0.2) is 4.79 Å². The molecule has 0 bridgehead atoms. The second-order valence-corrected chi connectivity index (χ2v) is 6.08. The quantitative estimate of drug-likeness (QED) is 0.661. The molecule has 1 heterocycles. The Morgan fingerprint density at radius 2 is 1.96 bits per heavy atom. The van der Waals surface area contributed by atoms with Gasteiger partial charge < -0.3 is 15.7 Å². The summed E-state index contributed by atoms with van der Waals surface area (Å²) in [5.74, 6) is -0.263. The van der Waals surface area contributed by atoms with E-state index in [1.807, 2.05) is 30.3 Å². The number of carboxylic acid groups (broad SMARTS) is 1. The van der Waals surface area contributed by atoms with Crippen LogP contribution in [0, 0.1) is 0 Å². The molecule has 0 aliphatic rings. The van der Waals surface area contributed by atoms with Crippen molar-refractivity contribution < 1.29 is 14.7 Å². The number of fused-ring (bicyclic) bond motifs is 1. The first-order valence-corrected chi connectivity index (χ1v) is 8.08. The van der Waals surface area contributed by atoms with Crippen molar-refractivity contribution in [2.45, 2.75) is 12.5 Å². The van der Waals surface area contributed by atoms with Gasteiger partial charge in [0.25, 0.3) is 0 Å².